The number of ether oxygens (including phenoxy) is 1. The molecule has 0 amide bonds. The lowest BCUT2D eigenvalue weighted by Crippen LogP contribution is -2.29. The minimum atomic E-state index is -0.234. The highest BCUT2D eigenvalue weighted by molar-refractivity contribution is 5.21. The van der Waals surface area contributed by atoms with E-state index in [2.05, 4.69) is 11.8 Å². The quantitative estimate of drug-likeness (QED) is 0.813. The average Bonchev–Trinajstić information content (AvgIpc) is 2.67. The Balaban J connectivity index is 1.63. The van der Waals surface area contributed by atoms with Crippen LogP contribution in [0.15, 0.2) is 24.3 Å². The van der Waals surface area contributed by atoms with Crippen molar-refractivity contribution in [2.24, 2.45) is 11.7 Å². The van der Waals surface area contributed by atoms with Crippen LogP contribution < -0.4 is 10.5 Å². The van der Waals surface area contributed by atoms with Crippen LogP contribution in [-0.2, 0) is 0 Å². The van der Waals surface area contributed by atoms with Crippen LogP contribution in [-0.4, -0.2) is 37.2 Å². The topological polar surface area (TPSA) is 38.5 Å². The zero-order valence-corrected chi connectivity index (χ0v) is 10.8. The molecule has 0 spiro atoms. The summed E-state index contributed by atoms with van der Waals surface area (Å²) in [5.74, 6) is 1.08. The first kappa shape index (κ1) is 13.3. The van der Waals surface area contributed by atoms with Gasteiger partial charge >= 0.3 is 0 Å². The lowest BCUT2D eigenvalue weighted by atomic mass is 10.1. The Labute approximate surface area is 108 Å². The number of benzene rings is 1. The average molecular weight is 252 g/mol. The molecule has 0 radical (unpaired) electrons. The SMILES string of the molecule is CC1CN(CCCOc2ccc(F)cc2)CC1N. The normalized spacial score (nSPS) is 24.4. The molecule has 3 nitrogen and oxygen atoms in total. The van der Waals surface area contributed by atoms with Crippen molar-refractivity contribution in [1.29, 1.82) is 0 Å². The van der Waals surface area contributed by atoms with Crippen LogP contribution >= 0.6 is 0 Å². The summed E-state index contributed by atoms with van der Waals surface area (Å²) in [5, 5.41) is 0. The first-order valence-electron chi connectivity index (χ1n) is 6.51. The van der Waals surface area contributed by atoms with Crippen LogP contribution in [0.1, 0.15) is 13.3 Å². The Kier molecular flexibility index (Phi) is 4.55. The Morgan fingerprint density at radius 2 is 2.06 bits per heavy atom. The van der Waals surface area contributed by atoms with Crippen LogP contribution in [0.2, 0.25) is 0 Å². The van der Waals surface area contributed by atoms with E-state index in [1.54, 1.807) is 12.1 Å². The van der Waals surface area contributed by atoms with E-state index in [4.69, 9.17) is 10.5 Å². The maximum Gasteiger partial charge on any atom is 0.123 e. The van der Waals surface area contributed by atoms with E-state index in [9.17, 15) is 4.39 Å². The van der Waals surface area contributed by atoms with Gasteiger partial charge in [-0.05, 0) is 36.6 Å². The molecule has 1 aliphatic rings. The second-order valence-corrected chi connectivity index (χ2v) is 5.06. The van der Waals surface area contributed by atoms with Gasteiger partial charge in [-0.25, -0.2) is 4.39 Å². The number of nitrogens with zero attached hydrogens (tertiary/aromatic N) is 1. The van der Waals surface area contributed by atoms with Gasteiger partial charge in [-0.1, -0.05) is 6.92 Å². The smallest absolute Gasteiger partial charge is 0.123 e. The highest BCUT2D eigenvalue weighted by atomic mass is 19.1. The molecule has 1 aromatic carbocycles. The number of rotatable bonds is 5. The van der Waals surface area contributed by atoms with Crippen LogP contribution in [0, 0.1) is 11.7 Å². The summed E-state index contributed by atoms with van der Waals surface area (Å²) < 4.78 is 18.2. The fourth-order valence-electron chi connectivity index (χ4n) is 2.29. The Morgan fingerprint density at radius 3 is 2.67 bits per heavy atom. The second-order valence-electron chi connectivity index (χ2n) is 5.06. The van der Waals surface area contributed by atoms with Crippen molar-refractivity contribution < 1.29 is 9.13 Å². The predicted molar refractivity (Wildman–Crippen MR) is 70.1 cm³/mol. The molecule has 1 aromatic rings. The Morgan fingerprint density at radius 1 is 1.33 bits per heavy atom. The van der Waals surface area contributed by atoms with E-state index in [1.165, 1.54) is 12.1 Å². The number of halogens is 1. The third kappa shape index (κ3) is 3.68. The number of hydrogen-bond donors (Lipinski definition) is 1. The molecule has 1 heterocycles. The fourth-order valence-corrected chi connectivity index (χ4v) is 2.29. The van der Waals surface area contributed by atoms with Gasteiger partial charge in [0.05, 0.1) is 6.61 Å². The molecular weight excluding hydrogens is 231 g/mol. The summed E-state index contributed by atoms with van der Waals surface area (Å²) in [7, 11) is 0. The van der Waals surface area contributed by atoms with Gasteiger partial charge in [-0.2, -0.15) is 0 Å². The van der Waals surface area contributed by atoms with E-state index >= 15 is 0 Å². The van der Waals surface area contributed by atoms with Gasteiger partial charge in [0.2, 0.25) is 0 Å². The van der Waals surface area contributed by atoms with E-state index in [0.29, 0.717) is 18.6 Å². The standard InChI is InChI=1S/C14H21FN2O/c1-11-9-17(10-14(11)16)7-2-8-18-13-5-3-12(15)4-6-13/h3-6,11,14H,2,7-10,16H2,1H3. The molecule has 1 aliphatic heterocycles. The molecule has 4 heteroatoms. The lowest BCUT2D eigenvalue weighted by molar-refractivity contribution is 0.259. The molecule has 18 heavy (non-hydrogen) atoms. The Hall–Kier alpha value is -1.13. The van der Waals surface area contributed by atoms with Crippen molar-refractivity contribution >= 4 is 0 Å². The van der Waals surface area contributed by atoms with Crippen LogP contribution in [0.5, 0.6) is 5.75 Å². The molecule has 1 saturated heterocycles. The molecule has 100 valence electrons. The van der Waals surface area contributed by atoms with Crippen molar-refractivity contribution in [2.75, 3.05) is 26.2 Å². The van der Waals surface area contributed by atoms with Gasteiger partial charge in [0.15, 0.2) is 0 Å². The van der Waals surface area contributed by atoms with Crippen molar-refractivity contribution in [2.45, 2.75) is 19.4 Å². The van der Waals surface area contributed by atoms with Gasteiger partial charge in [-0.3, -0.25) is 0 Å². The van der Waals surface area contributed by atoms with Crippen LogP contribution in [0.25, 0.3) is 0 Å². The van der Waals surface area contributed by atoms with E-state index < -0.39 is 0 Å². The van der Waals surface area contributed by atoms with Gasteiger partial charge in [-0.15, -0.1) is 0 Å². The molecule has 1 fully saturated rings. The molecule has 0 saturated carbocycles. The van der Waals surface area contributed by atoms with Crippen molar-refractivity contribution in [3.05, 3.63) is 30.1 Å². The third-order valence-electron chi connectivity index (χ3n) is 3.45. The highest BCUT2D eigenvalue weighted by Gasteiger charge is 2.25. The third-order valence-corrected chi connectivity index (χ3v) is 3.45. The predicted octanol–water partition coefficient (Wildman–Crippen LogP) is 1.87. The minimum absolute atomic E-state index is 0.234. The van der Waals surface area contributed by atoms with Crippen molar-refractivity contribution in [3.63, 3.8) is 0 Å². The lowest BCUT2D eigenvalue weighted by Gasteiger charge is -2.15. The van der Waals surface area contributed by atoms with Crippen LogP contribution in [0.4, 0.5) is 4.39 Å². The molecule has 0 aliphatic carbocycles. The van der Waals surface area contributed by atoms with E-state index in [1.807, 2.05) is 0 Å². The zero-order valence-electron chi connectivity index (χ0n) is 10.8. The van der Waals surface area contributed by atoms with Gasteiger partial charge in [0.1, 0.15) is 11.6 Å². The Bertz CT molecular complexity index is 359. The number of likely N-dealkylation sites (tertiary alicyclic amines) is 1. The van der Waals surface area contributed by atoms with Crippen molar-refractivity contribution in [3.8, 4) is 5.75 Å². The minimum Gasteiger partial charge on any atom is -0.494 e. The number of nitrogens with two attached hydrogens (primary N) is 1. The maximum atomic E-state index is 12.7. The second kappa shape index (κ2) is 6.16. The van der Waals surface area contributed by atoms with Gasteiger partial charge in [0, 0.05) is 25.7 Å². The summed E-state index contributed by atoms with van der Waals surface area (Å²) in [6, 6.07) is 6.45. The molecule has 2 N–H and O–H groups in total. The maximum absolute atomic E-state index is 12.7. The molecule has 2 unspecified atom stereocenters. The summed E-state index contributed by atoms with van der Waals surface area (Å²) in [5.41, 5.74) is 5.97. The zero-order chi connectivity index (χ0) is 13.0. The first-order chi connectivity index (χ1) is 8.65. The monoisotopic (exact) mass is 252 g/mol. The molecule has 2 rings (SSSR count). The van der Waals surface area contributed by atoms with E-state index in [-0.39, 0.29) is 5.82 Å². The highest BCUT2D eigenvalue weighted by Crippen LogP contribution is 2.15. The molecular formula is C14H21FN2O. The van der Waals surface area contributed by atoms with Crippen LogP contribution in [0.3, 0.4) is 0 Å². The van der Waals surface area contributed by atoms with Gasteiger partial charge in [0.25, 0.3) is 0 Å². The van der Waals surface area contributed by atoms with Crippen molar-refractivity contribution in [1.82, 2.24) is 4.90 Å². The number of hydrogen-bond acceptors (Lipinski definition) is 3. The summed E-state index contributed by atoms with van der Waals surface area (Å²) in [6.07, 6.45) is 0.969. The summed E-state index contributed by atoms with van der Waals surface area (Å²) in [4.78, 5) is 2.38. The molecule has 0 aromatic heterocycles. The first-order valence-corrected chi connectivity index (χ1v) is 6.51. The van der Waals surface area contributed by atoms with Gasteiger partial charge < -0.3 is 15.4 Å². The fraction of sp³-hybridized carbons (Fsp3) is 0.571. The largest absolute Gasteiger partial charge is 0.494 e. The van der Waals surface area contributed by atoms with E-state index in [0.717, 1.165) is 31.8 Å². The molecule has 0 bridgehead atoms. The summed E-state index contributed by atoms with van der Waals surface area (Å²) >= 11 is 0. The molecule has 2 atom stereocenters. The summed E-state index contributed by atoms with van der Waals surface area (Å²) in [6.45, 7) is 5.93.